The summed E-state index contributed by atoms with van der Waals surface area (Å²) in [6, 6.07) is 12.0. The van der Waals surface area contributed by atoms with Crippen LogP contribution in [-0.4, -0.2) is 107 Å². The minimum absolute atomic E-state index is 0.0225. The van der Waals surface area contributed by atoms with Crippen LogP contribution in [0.1, 0.15) is 85.6 Å². The van der Waals surface area contributed by atoms with Gasteiger partial charge in [-0.05, 0) is 103 Å². The first-order valence-electron chi connectivity index (χ1n) is 20.6. The first-order valence-corrected chi connectivity index (χ1v) is 21.6. The summed E-state index contributed by atoms with van der Waals surface area (Å²) in [5, 5.41) is 17.7. The fourth-order valence-corrected chi connectivity index (χ4v) is 8.34. The Morgan fingerprint density at radius 3 is 2.05 bits per heavy atom. The van der Waals surface area contributed by atoms with Crippen LogP contribution in [0.15, 0.2) is 65.6 Å². The number of amides is 6. The Bertz CT molecular complexity index is 1690. The van der Waals surface area contributed by atoms with Gasteiger partial charge in [0.1, 0.15) is 30.2 Å². The summed E-state index contributed by atoms with van der Waals surface area (Å²) >= 11 is 1.46. The minimum Gasteiger partial charge on any atom is -0.350 e. The first-order chi connectivity index (χ1) is 27.6. The zero-order valence-corrected chi connectivity index (χ0v) is 35.7. The number of hydrogen-bond donors (Lipinski definition) is 7. The lowest BCUT2D eigenvalue weighted by Gasteiger charge is -2.39. The maximum atomic E-state index is 14.6. The molecule has 0 saturated carbocycles. The van der Waals surface area contributed by atoms with Gasteiger partial charge in [-0.3, -0.25) is 33.7 Å². The van der Waals surface area contributed by atoms with Gasteiger partial charge in [-0.15, -0.1) is 11.8 Å². The van der Waals surface area contributed by atoms with Crippen LogP contribution in [0.25, 0.3) is 0 Å². The molecule has 2 heterocycles. The van der Waals surface area contributed by atoms with Crippen LogP contribution in [-0.2, 0) is 35.2 Å². The summed E-state index contributed by atoms with van der Waals surface area (Å²) in [6.07, 6.45) is 2.80. The normalized spacial score (nSPS) is 25.7. The number of carbonyl (C=O) groups excluding carboxylic acids is 6. The molecule has 15 heteroatoms. The van der Waals surface area contributed by atoms with E-state index in [0.29, 0.717) is 38.8 Å². The molecule has 0 aliphatic carbocycles. The summed E-state index contributed by atoms with van der Waals surface area (Å²) in [5.74, 6) is -2.75. The van der Waals surface area contributed by atoms with E-state index < -0.39 is 77.4 Å². The summed E-state index contributed by atoms with van der Waals surface area (Å²) in [6.45, 7) is 11.8. The maximum Gasteiger partial charge on any atom is 0.243 e. The van der Waals surface area contributed by atoms with Gasteiger partial charge in [-0.1, -0.05) is 62.4 Å². The lowest BCUT2D eigenvalue weighted by atomic mass is 9.99. The predicted octanol–water partition coefficient (Wildman–Crippen LogP) is 2.40. The Morgan fingerprint density at radius 2 is 1.41 bits per heavy atom. The fraction of sp³-hybridized carbons (Fsp3) is 0.581. The third-order valence-electron chi connectivity index (χ3n) is 10.2. The SMILES string of the molecule is CC(C)C[C@H]1NC(=O)[C@H](Cc2ccccc2)NC(=O)[C@H](C)NC(=O)[C@@H]2CCCN2[C@H](C(=O)NC(C)(C)C)[C@H](CSc2ccccc2)NC(=O)[C@H](CCCCN)NC1=O. The number of rotatable bonds is 12. The molecule has 2 fully saturated rings. The molecular weight excluding hydrogens is 757 g/mol. The van der Waals surface area contributed by atoms with Gasteiger partial charge in [-0.25, -0.2) is 0 Å². The molecule has 2 aliphatic heterocycles. The molecule has 4 rings (SSSR count). The monoisotopic (exact) mass is 820 g/mol. The van der Waals surface area contributed by atoms with Crippen LogP contribution < -0.4 is 37.6 Å². The molecule has 2 aromatic carbocycles. The zero-order chi connectivity index (χ0) is 42.4. The van der Waals surface area contributed by atoms with Crippen LogP contribution >= 0.6 is 11.8 Å². The Labute approximate surface area is 347 Å². The summed E-state index contributed by atoms with van der Waals surface area (Å²) in [7, 11) is 0. The molecule has 318 valence electrons. The molecule has 0 spiro atoms. The van der Waals surface area contributed by atoms with E-state index in [2.05, 4.69) is 31.9 Å². The zero-order valence-electron chi connectivity index (χ0n) is 34.8. The van der Waals surface area contributed by atoms with E-state index in [1.54, 1.807) is 6.92 Å². The summed E-state index contributed by atoms with van der Waals surface area (Å²) in [5.41, 5.74) is 5.98. The van der Waals surface area contributed by atoms with Gasteiger partial charge in [0.25, 0.3) is 0 Å². The smallest absolute Gasteiger partial charge is 0.243 e. The molecular formula is C43H64N8O6S. The molecule has 7 atom stereocenters. The van der Waals surface area contributed by atoms with Crippen molar-refractivity contribution in [3.63, 3.8) is 0 Å². The van der Waals surface area contributed by atoms with Crippen LogP contribution in [0.4, 0.5) is 0 Å². The average Bonchev–Trinajstić information content (AvgIpc) is 3.65. The maximum absolute atomic E-state index is 14.6. The standard InChI is InChI=1S/C43H64N8O6S/c1-27(2)24-32-39(54)46-31(20-13-14-22-44)38(53)49-34(26-58-30-18-11-8-12-19-30)36(42(57)50-43(4,5)6)51-23-15-21-35(51)41(56)45-28(3)37(52)47-33(40(55)48-32)25-29-16-9-7-10-17-29/h7-12,16-19,27-28,31-36H,13-15,20-26,44H2,1-6H3,(H,45,56)(H,46,54)(H,47,52)(H,48,55)(H,49,53)(H,50,57)/t28-,31-,32+,33-,34-,35-,36-/m0/s1. The topological polar surface area (TPSA) is 204 Å². The van der Waals surface area contributed by atoms with Crippen LogP contribution in [0, 0.1) is 5.92 Å². The summed E-state index contributed by atoms with van der Waals surface area (Å²) < 4.78 is 0. The highest BCUT2D eigenvalue weighted by molar-refractivity contribution is 7.99. The van der Waals surface area contributed by atoms with Crippen molar-refractivity contribution in [3.05, 3.63) is 66.2 Å². The van der Waals surface area contributed by atoms with Gasteiger partial charge in [0, 0.05) is 22.6 Å². The highest BCUT2D eigenvalue weighted by Gasteiger charge is 2.45. The second-order valence-corrected chi connectivity index (χ2v) is 17.9. The number of nitrogens with two attached hydrogens (primary N) is 1. The van der Waals surface area contributed by atoms with Gasteiger partial charge in [0.15, 0.2) is 0 Å². The van der Waals surface area contributed by atoms with Gasteiger partial charge in [-0.2, -0.15) is 0 Å². The van der Waals surface area contributed by atoms with Crippen molar-refractivity contribution in [3.8, 4) is 0 Å². The molecule has 58 heavy (non-hydrogen) atoms. The number of nitrogens with one attached hydrogen (secondary N) is 6. The Hall–Kier alpha value is -4.47. The van der Waals surface area contributed by atoms with Crippen LogP contribution in [0.2, 0.25) is 0 Å². The van der Waals surface area contributed by atoms with E-state index in [1.807, 2.05) is 100 Å². The number of nitrogens with zero attached hydrogens (tertiary/aromatic N) is 1. The van der Waals surface area contributed by atoms with E-state index in [4.69, 9.17) is 5.73 Å². The molecule has 14 nitrogen and oxygen atoms in total. The van der Waals surface area contributed by atoms with Crippen molar-refractivity contribution in [2.24, 2.45) is 11.7 Å². The fourth-order valence-electron chi connectivity index (χ4n) is 7.35. The van der Waals surface area contributed by atoms with Crippen molar-refractivity contribution in [1.29, 1.82) is 0 Å². The van der Waals surface area contributed by atoms with Crippen LogP contribution in [0.5, 0.6) is 0 Å². The Morgan fingerprint density at radius 1 is 0.810 bits per heavy atom. The molecule has 6 amide bonds. The van der Waals surface area contributed by atoms with E-state index in [1.165, 1.54) is 11.8 Å². The largest absolute Gasteiger partial charge is 0.350 e. The van der Waals surface area contributed by atoms with E-state index in [-0.39, 0.29) is 36.8 Å². The number of unbranched alkanes of at least 4 members (excludes halogenated alkanes) is 1. The number of benzene rings is 2. The third-order valence-corrected chi connectivity index (χ3v) is 11.3. The van der Waals surface area contributed by atoms with E-state index in [0.717, 1.165) is 10.5 Å². The van der Waals surface area contributed by atoms with Gasteiger partial charge < -0.3 is 37.6 Å². The predicted molar refractivity (Wildman–Crippen MR) is 226 cm³/mol. The highest BCUT2D eigenvalue weighted by Crippen LogP contribution is 2.27. The van der Waals surface area contributed by atoms with Gasteiger partial charge in [0.2, 0.25) is 35.4 Å². The molecule has 2 aromatic rings. The quantitative estimate of drug-likeness (QED) is 0.124. The number of hydrogen-bond acceptors (Lipinski definition) is 9. The highest BCUT2D eigenvalue weighted by atomic mass is 32.2. The van der Waals surface area contributed by atoms with Crippen molar-refractivity contribution >= 4 is 47.2 Å². The lowest BCUT2D eigenvalue weighted by Crippen LogP contribution is -2.66. The van der Waals surface area contributed by atoms with Crippen molar-refractivity contribution in [2.75, 3.05) is 18.8 Å². The minimum atomic E-state index is -1.09. The van der Waals surface area contributed by atoms with E-state index >= 15 is 0 Å². The second kappa shape index (κ2) is 22.1. The van der Waals surface area contributed by atoms with Crippen molar-refractivity contribution < 1.29 is 28.8 Å². The number of carbonyl (C=O) groups is 6. The molecule has 0 unspecified atom stereocenters. The lowest BCUT2D eigenvalue weighted by molar-refractivity contribution is -0.137. The molecule has 2 saturated heterocycles. The summed E-state index contributed by atoms with van der Waals surface area (Å²) in [4.78, 5) is 88.1. The second-order valence-electron chi connectivity index (χ2n) is 16.8. The third kappa shape index (κ3) is 14.1. The van der Waals surface area contributed by atoms with Gasteiger partial charge in [0.05, 0.1) is 12.1 Å². The van der Waals surface area contributed by atoms with Crippen molar-refractivity contribution in [2.45, 2.75) is 139 Å². The Kier molecular flexibility index (Phi) is 17.6. The molecule has 8 N–H and O–H groups in total. The van der Waals surface area contributed by atoms with Crippen LogP contribution in [0.3, 0.4) is 0 Å². The molecule has 0 aromatic heterocycles. The Balaban J connectivity index is 1.81. The van der Waals surface area contributed by atoms with E-state index in [9.17, 15) is 28.8 Å². The molecule has 2 aliphatic rings. The van der Waals surface area contributed by atoms with Gasteiger partial charge >= 0.3 is 0 Å². The number of thioether (sulfide) groups is 1. The first kappa shape index (κ1) is 46.2. The number of fused-ring (bicyclic) bond motifs is 1. The molecule has 0 radical (unpaired) electrons. The van der Waals surface area contributed by atoms with Crippen molar-refractivity contribution in [1.82, 2.24) is 36.8 Å². The average molecular weight is 821 g/mol. The molecule has 0 bridgehead atoms.